The van der Waals surface area contributed by atoms with E-state index < -0.39 is 0 Å². The van der Waals surface area contributed by atoms with Gasteiger partial charge in [-0.25, -0.2) is 0 Å². The Hall–Kier alpha value is -3.29. The highest BCUT2D eigenvalue weighted by Crippen LogP contribution is 2.36. The fourth-order valence-corrected chi connectivity index (χ4v) is 5.93. The number of unbranched alkanes of at least 4 members (excludes halogenated alkanes) is 4. The number of nitriles is 1. The van der Waals surface area contributed by atoms with Gasteiger partial charge in [0, 0.05) is 25.2 Å². The van der Waals surface area contributed by atoms with E-state index in [1.54, 1.807) is 22.5 Å². The number of rotatable bonds is 12. The zero-order chi connectivity index (χ0) is 27.9. The molecule has 0 atom stereocenters. The number of thiocarbonyl (C=S) groups is 1. The zero-order valence-corrected chi connectivity index (χ0v) is 24.3. The summed E-state index contributed by atoms with van der Waals surface area (Å²) in [6.45, 7) is 7.61. The van der Waals surface area contributed by atoms with Gasteiger partial charge in [0.2, 0.25) is 6.79 Å². The molecule has 1 saturated heterocycles. The lowest BCUT2D eigenvalue weighted by molar-refractivity contribution is -0.122. The molecule has 0 spiro atoms. The lowest BCUT2D eigenvalue weighted by Gasteiger charge is -2.20. The van der Waals surface area contributed by atoms with E-state index in [1.165, 1.54) is 11.8 Å². The van der Waals surface area contributed by atoms with Gasteiger partial charge in [0.1, 0.15) is 21.8 Å². The van der Waals surface area contributed by atoms with Crippen LogP contribution in [0.5, 0.6) is 11.5 Å². The van der Waals surface area contributed by atoms with Gasteiger partial charge in [0.05, 0.1) is 4.91 Å². The molecular formula is C29H34N4O4S2. The highest BCUT2D eigenvalue weighted by atomic mass is 32.2. The molecule has 0 saturated carbocycles. The number of carbonyl (C=O) groups excluding carboxylic acids is 1. The second-order valence-electron chi connectivity index (χ2n) is 9.62. The molecule has 2 aromatic rings. The van der Waals surface area contributed by atoms with Crippen molar-refractivity contribution in [2.45, 2.75) is 72.4 Å². The molecule has 1 aromatic carbocycles. The Morgan fingerprint density at radius 3 is 2.62 bits per heavy atom. The Labute approximate surface area is 239 Å². The summed E-state index contributed by atoms with van der Waals surface area (Å²) < 4.78 is 13.1. The van der Waals surface area contributed by atoms with Crippen molar-refractivity contribution in [3.63, 3.8) is 0 Å². The van der Waals surface area contributed by atoms with E-state index in [4.69, 9.17) is 21.7 Å². The topological polar surface area (TPSA) is 96.6 Å². The predicted octanol–water partition coefficient (Wildman–Crippen LogP) is 5.95. The Bertz CT molecular complexity index is 1390. The van der Waals surface area contributed by atoms with E-state index in [0.29, 0.717) is 57.3 Å². The standard InChI is InChI=1S/C29H34N4O4S2/c1-4-6-8-9-13-33-28(35)25(39-29(33)38)15-21-19(3)22(16-30)27(34)32(12-7-5-2)26(21)31-17-20-10-11-23-24(14-20)37-18-36-23/h10-11,14-15,31H,4-9,12-13,17-18H2,1-3H3/b25-15+. The summed E-state index contributed by atoms with van der Waals surface area (Å²) >= 11 is 6.81. The first-order chi connectivity index (χ1) is 18.9. The van der Waals surface area contributed by atoms with Gasteiger partial charge in [-0.1, -0.05) is 69.6 Å². The van der Waals surface area contributed by atoms with Gasteiger partial charge in [-0.2, -0.15) is 5.26 Å². The number of amides is 1. The lowest BCUT2D eigenvalue weighted by atomic mass is 10.0. The van der Waals surface area contributed by atoms with Gasteiger partial charge >= 0.3 is 0 Å². The minimum atomic E-state index is -0.336. The Morgan fingerprint density at radius 2 is 1.87 bits per heavy atom. The molecule has 2 aliphatic heterocycles. The molecule has 2 aliphatic rings. The maximum absolute atomic E-state index is 13.4. The van der Waals surface area contributed by atoms with Crippen molar-refractivity contribution in [2.75, 3.05) is 18.7 Å². The van der Waals surface area contributed by atoms with E-state index in [0.717, 1.165) is 44.1 Å². The number of pyridine rings is 1. The van der Waals surface area contributed by atoms with Gasteiger partial charge in [0.15, 0.2) is 11.5 Å². The van der Waals surface area contributed by atoms with Gasteiger partial charge < -0.3 is 14.8 Å². The molecule has 1 N–H and O–H groups in total. The molecule has 10 heteroatoms. The largest absolute Gasteiger partial charge is 0.454 e. The van der Waals surface area contributed by atoms with Gasteiger partial charge in [-0.05, 0) is 49.1 Å². The number of nitrogens with one attached hydrogen (secondary N) is 1. The molecule has 1 amide bonds. The highest BCUT2D eigenvalue weighted by Gasteiger charge is 2.32. The van der Waals surface area contributed by atoms with E-state index >= 15 is 0 Å². The smallest absolute Gasteiger partial charge is 0.270 e. The van der Waals surface area contributed by atoms with Crippen LogP contribution in [0.3, 0.4) is 0 Å². The van der Waals surface area contributed by atoms with Gasteiger partial charge in [0.25, 0.3) is 11.5 Å². The molecule has 8 nitrogen and oxygen atoms in total. The van der Waals surface area contributed by atoms with Crippen molar-refractivity contribution in [1.29, 1.82) is 5.26 Å². The van der Waals surface area contributed by atoms with E-state index in [1.807, 2.05) is 18.2 Å². The van der Waals surface area contributed by atoms with Crippen LogP contribution < -0.4 is 20.3 Å². The SMILES string of the molecule is CCCCCCN1C(=O)/C(=C\c2c(C)c(C#N)c(=O)n(CCCC)c2NCc2ccc3c(c2)OCO3)SC1=S. The molecule has 0 radical (unpaired) electrons. The van der Waals surface area contributed by atoms with Crippen LogP contribution in [0.4, 0.5) is 5.82 Å². The van der Waals surface area contributed by atoms with E-state index in [2.05, 4.69) is 25.2 Å². The minimum Gasteiger partial charge on any atom is -0.454 e. The van der Waals surface area contributed by atoms with Crippen LogP contribution in [0.25, 0.3) is 6.08 Å². The molecule has 1 fully saturated rings. The number of hydrogen-bond donors (Lipinski definition) is 1. The molecule has 39 heavy (non-hydrogen) atoms. The van der Waals surface area contributed by atoms with Crippen molar-refractivity contribution >= 4 is 46.1 Å². The van der Waals surface area contributed by atoms with Gasteiger partial charge in [-0.15, -0.1) is 0 Å². The first-order valence-electron chi connectivity index (χ1n) is 13.4. The first kappa shape index (κ1) is 28.7. The first-order valence-corrected chi connectivity index (χ1v) is 14.7. The quantitative estimate of drug-likeness (QED) is 0.191. The molecule has 206 valence electrons. The average molecular weight is 567 g/mol. The fourth-order valence-electron chi connectivity index (χ4n) is 4.64. The molecule has 4 rings (SSSR count). The predicted molar refractivity (Wildman–Crippen MR) is 159 cm³/mol. The van der Waals surface area contributed by atoms with Crippen LogP contribution in [0, 0.1) is 18.3 Å². The number of carbonyl (C=O) groups is 1. The summed E-state index contributed by atoms with van der Waals surface area (Å²) in [6.07, 6.45) is 7.63. The molecule has 0 unspecified atom stereocenters. The van der Waals surface area contributed by atoms with Gasteiger partial charge in [-0.3, -0.25) is 19.1 Å². The van der Waals surface area contributed by atoms with Crippen LogP contribution in [-0.4, -0.2) is 33.0 Å². The summed E-state index contributed by atoms with van der Waals surface area (Å²) in [6, 6.07) is 7.80. The molecule has 1 aromatic heterocycles. The van der Waals surface area contributed by atoms with E-state index in [9.17, 15) is 14.9 Å². The molecule has 3 heterocycles. The average Bonchev–Trinajstić information content (AvgIpc) is 3.50. The number of anilines is 1. The third-order valence-electron chi connectivity index (χ3n) is 6.89. The van der Waals surface area contributed by atoms with Crippen molar-refractivity contribution in [2.24, 2.45) is 0 Å². The van der Waals surface area contributed by atoms with Crippen molar-refractivity contribution in [1.82, 2.24) is 9.47 Å². The lowest BCUT2D eigenvalue weighted by Crippen LogP contribution is -2.29. The van der Waals surface area contributed by atoms with Crippen LogP contribution in [0.1, 0.15) is 74.6 Å². The molecule has 0 bridgehead atoms. The number of ether oxygens (including phenoxy) is 2. The number of hydrogen-bond acceptors (Lipinski definition) is 8. The number of benzene rings is 1. The maximum Gasteiger partial charge on any atom is 0.270 e. The summed E-state index contributed by atoms with van der Waals surface area (Å²) in [4.78, 5) is 28.9. The Morgan fingerprint density at radius 1 is 1.10 bits per heavy atom. The maximum atomic E-state index is 13.4. The van der Waals surface area contributed by atoms with Crippen LogP contribution >= 0.6 is 24.0 Å². The number of aromatic nitrogens is 1. The Kier molecular flexibility index (Phi) is 9.70. The van der Waals surface area contributed by atoms with Crippen molar-refractivity contribution < 1.29 is 14.3 Å². The van der Waals surface area contributed by atoms with E-state index in [-0.39, 0.29) is 23.8 Å². The normalized spacial score (nSPS) is 15.3. The summed E-state index contributed by atoms with van der Waals surface area (Å²) in [5, 5.41) is 13.3. The third-order valence-corrected chi connectivity index (χ3v) is 8.27. The van der Waals surface area contributed by atoms with Crippen molar-refractivity contribution in [3.8, 4) is 17.6 Å². The molecular weight excluding hydrogens is 532 g/mol. The van der Waals surface area contributed by atoms with Crippen LogP contribution in [0.2, 0.25) is 0 Å². The summed E-state index contributed by atoms with van der Waals surface area (Å²) in [5.74, 6) is 1.82. The number of nitrogens with zero attached hydrogens (tertiary/aromatic N) is 3. The fraction of sp³-hybridized carbons (Fsp3) is 0.448. The van der Waals surface area contributed by atoms with Crippen molar-refractivity contribution in [3.05, 3.63) is 55.7 Å². The van der Waals surface area contributed by atoms with Crippen LogP contribution in [0.15, 0.2) is 27.9 Å². The summed E-state index contributed by atoms with van der Waals surface area (Å²) in [5.41, 5.74) is 1.88. The zero-order valence-electron chi connectivity index (χ0n) is 22.7. The Balaban J connectivity index is 1.72. The number of thioether (sulfide) groups is 1. The second-order valence-corrected chi connectivity index (χ2v) is 11.3. The second kappa shape index (κ2) is 13.2. The monoisotopic (exact) mass is 566 g/mol. The minimum absolute atomic E-state index is 0.0843. The summed E-state index contributed by atoms with van der Waals surface area (Å²) in [7, 11) is 0. The third kappa shape index (κ3) is 6.31. The number of fused-ring (bicyclic) bond motifs is 1. The van der Waals surface area contributed by atoms with Crippen LogP contribution in [-0.2, 0) is 17.9 Å². The highest BCUT2D eigenvalue weighted by molar-refractivity contribution is 8.26. The molecule has 0 aliphatic carbocycles.